The Morgan fingerprint density at radius 3 is 2.85 bits per heavy atom. The van der Waals surface area contributed by atoms with Crippen LogP contribution in [0.25, 0.3) is 0 Å². The number of hydrogen-bond donors (Lipinski definition) is 1. The van der Waals surface area contributed by atoms with Gasteiger partial charge in [-0.2, -0.15) is 0 Å². The van der Waals surface area contributed by atoms with Crippen molar-refractivity contribution in [2.45, 2.75) is 46.3 Å². The van der Waals surface area contributed by atoms with Crippen molar-refractivity contribution in [2.75, 3.05) is 0 Å². The Morgan fingerprint density at radius 1 is 1.35 bits per heavy atom. The largest absolute Gasteiger partial charge is 0.335 e. The van der Waals surface area contributed by atoms with Crippen molar-refractivity contribution in [3.8, 4) is 0 Å². The minimum atomic E-state index is 0.453. The zero-order chi connectivity index (χ0) is 14.5. The third-order valence-corrected chi connectivity index (χ3v) is 3.68. The fourth-order valence-electron chi connectivity index (χ4n) is 2.17. The maximum Gasteiger partial charge on any atom is 0.113 e. The molecule has 0 spiro atoms. The van der Waals surface area contributed by atoms with Gasteiger partial charge in [0.2, 0.25) is 0 Å². The van der Waals surface area contributed by atoms with Gasteiger partial charge in [-0.15, -0.1) is 0 Å². The van der Waals surface area contributed by atoms with E-state index in [0.717, 1.165) is 35.9 Å². The first-order chi connectivity index (χ1) is 9.60. The van der Waals surface area contributed by atoms with E-state index in [2.05, 4.69) is 47.8 Å². The molecule has 3 nitrogen and oxygen atoms in total. The van der Waals surface area contributed by atoms with Gasteiger partial charge in [0.05, 0.1) is 0 Å². The predicted molar refractivity (Wildman–Crippen MR) is 84.1 cm³/mol. The number of benzene rings is 1. The Labute approximate surface area is 126 Å². The van der Waals surface area contributed by atoms with Crippen LogP contribution in [-0.2, 0) is 19.5 Å². The molecule has 1 N–H and O–H groups in total. The normalized spacial score (nSPS) is 11.2. The number of rotatable bonds is 6. The van der Waals surface area contributed by atoms with Crippen LogP contribution in [0.1, 0.15) is 37.7 Å². The molecule has 0 saturated heterocycles. The second kappa shape index (κ2) is 6.91. The van der Waals surface area contributed by atoms with Crippen molar-refractivity contribution in [1.82, 2.24) is 14.9 Å². The summed E-state index contributed by atoms with van der Waals surface area (Å²) in [5.74, 6) is 1.09. The van der Waals surface area contributed by atoms with Crippen LogP contribution in [0.15, 0.2) is 30.6 Å². The molecule has 1 aromatic carbocycles. The van der Waals surface area contributed by atoms with Gasteiger partial charge in [0.25, 0.3) is 0 Å². The highest BCUT2D eigenvalue weighted by atomic mass is 35.5. The first-order valence-corrected chi connectivity index (χ1v) is 7.48. The maximum absolute atomic E-state index is 6.26. The van der Waals surface area contributed by atoms with Crippen molar-refractivity contribution in [1.29, 1.82) is 0 Å². The molecule has 1 aromatic heterocycles. The molecule has 1 heterocycles. The number of aryl methyl sites for hydroxylation is 1. The molecule has 0 fully saturated rings. The van der Waals surface area contributed by atoms with Crippen LogP contribution in [0.3, 0.4) is 0 Å². The molecular formula is C16H22ClN3. The predicted octanol–water partition coefficient (Wildman–Crippen LogP) is 3.65. The van der Waals surface area contributed by atoms with Crippen LogP contribution in [-0.4, -0.2) is 15.6 Å². The molecule has 0 atom stereocenters. The molecule has 2 rings (SSSR count). The highest BCUT2D eigenvalue weighted by molar-refractivity contribution is 6.31. The molecule has 0 unspecified atom stereocenters. The third-order valence-electron chi connectivity index (χ3n) is 3.32. The van der Waals surface area contributed by atoms with Crippen LogP contribution >= 0.6 is 11.6 Å². The first-order valence-electron chi connectivity index (χ1n) is 7.10. The minimum absolute atomic E-state index is 0.453. The van der Waals surface area contributed by atoms with E-state index >= 15 is 0 Å². The standard InChI is InChI=1S/C16H22ClN3/c1-4-20-8-7-18-16(20)10-13-5-6-15(17)14(9-13)11-19-12(2)3/h5-9,12,19H,4,10-11H2,1-3H3. The quantitative estimate of drug-likeness (QED) is 0.880. The molecular weight excluding hydrogens is 270 g/mol. The summed E-state index contributed by atoms with van der Waals surface area (Å²) < 4.78 is 2.17. The van der Waals surface area contributed by atoms with Gasteiger partial charge in [0.15, 0.2) is 0 Å². The van der Waals surface area contributed by atoms with Crippen molar-refractivity contribution in [3.05, 3.63) is 52.6 Å². The van der Waals surface area contributed by atoms with Crippen LogP contribution in [0.5, 0.6) is 0 Å². The molecule has 108 valence electrons. The maximum atomic E-state index is 6.26. The summed E-state index contributed by atoms with van der Waals surface area (Å²) in [6, 6.07) is 6.68. The summed E-state index contributed by atoms with van der Waals surface area (Å²) >= 11 is 6.26. The molecule has 0 aliphatic heterocycles. The molecule has 0 saturated carbocycles. The summed E-state index contributed by atoms with van der Waals surface area (Å²) in [5.41, 5.74) is 2.39. The molecule has 0 bridgehead atoms. The highest BCUT2D eigenvalue weighted by Gasteiger charge is 2.07. The minimum Gasteiger partial charge on any atom is -0.335 e. The Hall–Kier alpha value is -1.32. The van der Waals surface area contributed by atoms with E-state index in [9.17, 15) is 0 Å². The first kappa shape index (κ1) is 15.1. The van der Waals surface area contributed by atoms with Gasteiger partial charge in [-0.3, -0.25) is 0 Å². The molecule has 0 aliphatic rings. The average Bonchev–Trinajstić information content (AvgIpc) is 2.86. The summed E-state index contributed by atoms with van der Waals surface area (Å²) in [4.78, 5) is 4.42. The van der Waals surface area contributed by atoms with Gasteiger partial charge in [-0.25, -0.2) is 4.98 Å². The van der Waals surface area contributed by atoms with Gasteiger partial charge < -0.3 is 9.88 Å². The van der Waals surface area contributed by atoms with Crippen LogP contribution in [0, 0.1) is 0 Å². The lowest BCUT2D eigenvalue weighted by atomic mass is 10.1. The van der Waals surface area contributed by atoms with Crippen molar-refractivity contribution >= 4 is 11.6 Å². The Morgan fingerprint density at radius 2 is 2.15 bits per heavy atom. The SMILES string of the molecule is CCn1ccnc1Cc1ccc(Cl)c(CNC(C)C)c1. The van der Waals surface area contributed by atoms with Crippen LogP contribution in [0.4, 0.5) is 0 Å². The third kappa shape index (κ3) is 3.84. The van der Waals surface area contributed by atoms with Gasteiger partial charge >= 0.3 is 0 Å². The molecule has 0 radical (unpaired) electrons. The molecule has 4 heteroatoms. The number of nitrogens with one attached hydrogen (secondary N) is 1. The van der Waals surface area contributed by atoms with E-state index in [4.69, 9.17) is 11.6 Å². The summed E-state index contributed by atoms with van der Waals surface area (Å²) in [7, 11) is 0. The van der Waals surface area contributed by atoms with E-state index in [0.29, 0.717) is 6.04 Å². The summed E-state index contributed by atoms with van der Waals surface area (Å²) in [5, 5.41) is 4.23. The highest BCUT2D eigenvalue weighted by Crippen LogP contribution is 2.19. The summed E-state index contributed by atoms with van der Waals surface area (Å²) in [6.45, 7) is 8.15. The number of imidazole rings is 1. The van der Waals surface area contributed by atoms with E-state index in [1.165, 1.54) is 5.56 Å². The number of aromatic nitrogens is 2. The van der Waals surface area contributed by atoms with Crippen molar-refractivity contribution in [2.24, 2.45) is 0 Å². The number of halogens is 1. The van der Waals surface area contributed by atoms with E-state index in [1.54, 1.807) is 0 Å². The summed E-state index contributed by atoms with van der Waals surface area (Å²) in [6.07, 6.45) is 4.72. The van der Waals surface area contributed by atoms with E-state index in [-0.39, 0.29) is 0 Å². The molecule has 20 heavy (non-hydrogen) atoms. The zero-order valence-corrected chi connectivity index (χ0v) is 13.1. The van der Waals surface area contributed by atoms with Crippen LogP contribution < -0.4 is 5.32 Å². The second-order valence-electron chi connectivity index (χ2n) is 5.27. The topological polar surface area (TPSA) is 29.9 Å². The lowest BCUT2D eigenvalue weighted by Gasteiger charge is -2.11. The molecule has 0 aliphatic carbocycles. The smallest absolute Gasteiger partial charge is 0.113 e. The average molecular weight is 292 g/mol. The van der Waals surface area contributed by atoms with Crippen LogP contribution in [0.2, 0.25) is 5.02 Å². The number of hydrogen-bond acceptors (Lipinski definition) is 2. The van der Waals surface area contributed by atoms with E-state index in [1.807, 2.05) is 18.5 Å². The van der Waals surface area contributed by atoms with Crippen molar-refractivity contribution < 1.29 is 0 Å². The fourth-order valence-corrected chi connectivity index (χ4v) is 2.35. The second-order valence-corrected chi connectivity index (χ2v) is 5.67. The Bertz CT molecular complexity index is 561. The Balaban J connectivity index is 2.14. The van der Waals surface area contributed by atoms with E-state index < -0.39 is 0 Å². The van der Waals surface area contributed by atoms with Gasteiger partial charge in [0, 0.05) is 43.0 Å². The molecule has 2 aromatic rings. The monoisotopic (exact) mass is 291 g/mol. The van der Waals surface area contributed by atoms with Gasteiger partial charge in [-0.05, 0) is 24.1 Å². The van der Waals surface area contributed by atoms with Crippen molar-refractivity contribution in [3.63, 3.8) is 0 Å². The zero-order valence-electron chi connectivity index (χ0n) is 12.4. The number of nitrogens with zero attached hydrogens (tertiary/aromatic N) is 2. The lowest BCUT2D eigenvalue weighted by Crippen LogP contribution is -2.22. The molecule has 0 amide bonds. The van der Waals surface area contributed by atoms with Gasteiger partial charge in [0.1, 0.15) is 5.82 Å². The Kier molecular flexibility index (Phi) is 5.21. The lowest BCUT2D eigenvalue weighted by molar-refractivity contribution is 0.588. The fraction of sp³-hybridized carbons (Fsp3) is 0.438. The van der Waals surface area contributed by atoms with Gasteiger partial charge in [-0.1, -0.05) is 37.6 Å².